The molecule has 1 rings (SSSR count). The summed E-state index contributed by atoms with van der Waals surface area (Å²) in [7, 11) is 0. The normalized spacial score (nSPS) is 11.5. The number of hydrogen-bond acceptors (Lipinski definition) is 3. The zero-order chi connectivity index (χ0) is 10.1. The molecule has 0 bridgehead atoms. The molecule has 13 heavy (non-hydrogen) atoms. The average molecular weight is 185 g/mol. The third-order valence-electron chi connectivity index (χ3n) is 1.79. The van der Waals surface area contributed by atoms with E-state index >= 15 is 0 Å². The lowest BCUT2D eigenvalue weighted by atomic mass is 10.0. The molecule has 0 fully saturated rings. The van der Waals surface area contributed by atoms with Gasteiger partial charge < -0.3 is 5.11 Å². The average Bonchev–Trinajstić information content (AvgIpc) is 2.32. The predicted octanol–water partition coefficient (Wildman–Crippen LogP) is -0.219. The van der Waals surface area contributed by atoms with E-state index in [-0.39, 0.29) is 6.42 Å². The molecule has 0 aliphatic carbocycles. The highest BCUT2D eigenvalue weighted by atomic mass is 16.4. The first-order valence-electron chi connectivity index (χ1n) is 3.78. The van der Waals surface area contributed by atoms with Gasteiger partial charge in [-0.3, -0.25) is 9.36 Å². The van der Waals surface area contributed by atoms with Gasteiger partial charge in [0.1, 0.15) is 6.33 Å². The fraction of sp³-hybridized carbons (Fsp3) is 0.571. The van der Waals surface area contributed by atoms with Gasteiger partial charge in [0.15, 0.2) is 0 Å². The number of nitrogens with one attached hydrogen (secondary N) is 1. The summed E-state index contributed by atoms with van der Waals surface area (Å²) >= 11 is 0. The van der Waals surface area contributed by atoms with Gasteiger partial charge >= 0.3 is 11.7 Å². The molecule has 1 aromatic rings. The number of nitrogens with zero attached hydrogens (tertiary/aromatic N) is 2. The van der Waals surface area contributed by atoms with E-state index in [4.69, 9.17) is 5.11 Å². The van der Waals surface area contributed by atoms with Crippen molar-refractivity contribution < 1.29 is 9.90 Å². The first-order valence-corrected chi connectivity index (χ1v) is 3.78. The molecule has 0 aromatic carbocycles. The van der Waals surface area contributed by atoms with Crippen molar-refractivity contribution in [1.82, 2.24) is 14.8 Å². The molecule has 0 aliphatic heterocycles. The van der Waals surface area contributed by atoms with Gasteiger partial charge in [-0.2, -0.15) is 5.10 Å². The summed E-state index contributed by atoms with van der Waals surface area (Å²) < 4.78 is 1.26. The topological polar surface area (TPSA) is 88.0 Å². The Balaban J connectivity index is 3.00. The van der Waals surface area contributed by atoms with E-state index in [2.05, 4.69) is 10.2 Å². The van der Waals surface area contributed by atoms with Gasteiger partial charge in [0.05, 0.1) is 12.0 Å². The predicted molar refractivity (Wildman–Crippen MR) is 44.4 cm³/mol. The molecule has 6 nitrogen and oxygen atoms in total. The molecule has 0 spiro atoms. The zero-order valence-corrected chi connectivity index (χ0v) is 7.44. The van der Waals surface area contributed by atoms with Gasteiger partial charge in [0.2, 0.25) is 0 Å². The van der Waals surface area contributed by atoms with Crippen LogP contribution in [0.3, 0.4) is 0 Å². The molecular formula is C7H11N3O3. The van der Waals surface area contributed by atoms with Gasteiger partial charge in [0, 0.05) is 0 Å². The van der Waals surface area contributed by atoms with Crippen LogP contribution in [-0.4, -0.2) is 25.8 Å². The first kappa shape index (κ1) is 9.50. The number of H-pyrrole nitrogens is 1. The highest BCUT2D eigenvalue weighted by Gasteiger charge is 2.25. The number of carbonyl (C=O) groups is 1. The lowest BCUT2D eigenvalue weighted by Gasteiger charge is -2.22. The number of rotatable bonds is 3. The van der Waals surface area contributed by atoms with Gasteiger partial charge in [-0.25, -0.2) is 9.89 Å². The molecule has 2 N–H and O–H groups in total. The van der Waals surface area contributed by atoms with E-state index in [1.54, 1.807) is 13.8 Å². The Morgan fingerprint density at radius 1 is 1.77 bits per heavy atom. The molecule has 0 saturated heterocycles. The molecule has 0 amide bonds. The maximum absolute atomic E-state index is 11.1. The minimum atomic E-state index is -0.946. The van der Waals surface area contributed by atoms with E-state index in [0.29, 0.717) is 0 Å². The number of carboxylic acids is 1. The highest BCUT2D eigenvalue weighted by molar-refractivity contribution is 5.67. The minimum absolute atomic E-state index is 0.119. The maximum atomic E-state index is 11.1. The van der Waals surface area contributed by atoms with E-state index in [1.807, 2.05) is 0 Å². The molecule has 0 radical (unpaired) electrons. The fourth-order valence-electron chi connectivity index (χ4n) is 1.13. The SMILES string of the molecule is CC(C)(CC(=O)O)n1cn[nH]c1=O. The molecule has 6 heteroatoms. The summed E-state index contributed by atoms with van der Waals surface area (Å²) in [6.45, 7) is 3.33. The first-order chi connectivity index (χ1) is 5.93. The van der Waals surface area contributed by atoms with Crippen LogP contribution in [0.1, 0.15) is 20.3 Å². The lowest BCUT2D eigenvalue weighted by molar-refractivity contribution is -0.139. The Morgan fingerprint density at radius 2 is 2.38 bits per heavy atom. The van der Waals surface area contributed by atoms with Crippen LogP contribution in [-0.2, 0) is 10.3 Å². The molecule has 0 atom stereocenters. The Bertz CT molecular complexity index is 363. The van der Waals surface area contributed by atoms with Crippen LogP contribution >= 0.6 is 0 Å². The highest BCUT2D eigenvalue weighted by Crippen LogP contribution is 2.16. The Morgan fingerprint density at radius 3 is 2.77 bits per heavy atom. The van der Waals surface area contributed by atoms with Gasteiger partial charge in [-0.05, 0) is 13.8 Å². The second-order valence-corrected chi connectivity index (χ2v) is 3.41. The van der Waals surface area contributed by atoms with Crippen molar-refractivity contribution in [3.63, 3.8) is 0 Å². The monoisotopic (exact) mass is 185 g/mol. The summed E-state index contributed by atoms with van der Waals surface area (Å²) in [6, 6.07) is 0. The van der Waals surface area contributed by atoms with E-state index in [1.165, 1.54) is 10.9 Å². The van der Waals surface area contributed by atoms with Crippen LogP contribution in [0.15, 0.2) is 11.1 Å². The van der Waals surface area contributed by atoms with E-state index in [9.17, 15) is 9.59 Å². The molecular weight excluding hydrogens is 174 g/mol. The summed E-state index contributed by atoms with van der Waals surface area (Å²) in [6.07, 6.45) is 1.18. The Labute approximate surface area is 74.2 Å². The minimum Gasteiger partial charge on any atom is -0.481 e. The standard InChI is InChI=1S/C7H11N3O3/c1-7(2,3-5(11)12)10-4-8-9-6(10)13/h4H,3H2,1-2H3,(H,9,13)(H,11,12). The number of aliphatic carboxylic acids is 1. The number of hydrogen-bond donors (Lipinski definition) is 2. The van der Waals surface area contributed by atoms with Crippen molar-refractivity contribution in [3.05, 3.63) is 16.8 Å². The van der Waals surface area contributed by atoms with E-state index in [0.717, 1.165) is 0 Å². The van der Waals surface area contributed by atoms with Crippen LogP contribution in [0.25, 0.3) is 0 Å². The van der Waals surface area contributed by atoms with Gasteiger partial charge in [-0.15, -0.1) is 0 Å². The second-order valence-electron chi connectivity index (χ2n) is 3.41. The molecule has 1 aromatic heterocycles. The molecule has 0 saturated carbocycles. The van der Waals surface area contributed by atoms with Crippen molar-refractivity contribution in [2.75, 3.05) is 0 Å². The molecule has 1 heterocycles. The Hall–Kier alpha value is -1.59. The zero-order valence-electron chi connectivity index (χ0n) is 7.44. The van der Waals surface area contributed by atoms with Crippen LogP contribution in [0.4, 0.5) is 0 Å². The van der Waals surface area contributed by atoms with Crippen molar-refractivity contribution in [3.8, 4) is 0 Å². The summed E-state index contributed by atoms with van der Waals surface area (Å²) in [5, 5.41) is 14.3. The van der Waals surface area contributed by atoms with Crippen molar-refractivity contribution in [2.45, 2.75) is 25.8 Å². The van der Waals surface area contributed by atoms with E-state index < -0.39 is 17.2 Å². The van der Waals surface area contributed by atoms with Gasteiger partial charge in [-0.1, -0.05) is 0 Å². The van der Waals surface area contributed by atoms with Crippen LogP contribution in [0.2, 0.25) is 0 Å². The largest absolute Gasteiger partial charge is 0.481 e. The third-order valence-corrected chi connectivity index (χ3v) is 1.79. The smallest absolute Gasteiger partial charge is 0.343 e. The van der Waals surface area contributed by atoms with Crippen molar-refractivity contribution in [2.24, 2.45) is 0 Å². The third kappa shape index (κ3) is 1.95. The Kier molecular flexibility index (Phi) is 2.22. The van der Waals surface area contributed by atoms with Crippen LogP contribution in [0.5, 0.6) is 0 Å². The number of aromatic nitrogens is 3. The number of carboxylic acid groups (broad SMARTS) is 1. The molecule has 0 aliphatic rings. The fourth-order valence-corrected chi connectivity index (χ4v) is 1.13. The van der Waals surface area contributed by atoms with Crippen LogP contribution < -0.4 is 5.69 Å². The summed E-state index contributed by atoms with van der Waals surface area (Å²) in [5.41, 5.74) is -1.15. The molecule has 72 valence electrons. The summed E-state index contributed by atoms with van der Waals surface area (Å²) in [5.74, 6) is -0.946. The summed E-state index contributed by atoms with van der Waals surface area (Å²) in [4.78, 5) is 21.6. The molecule has 0 unspecified atom stereocenters. The quantitative estimate of drug-likeness (QED) is 0.681. The number of aromatic amines is 1. The van der Waals surface area contributed by atoms with Crippen LogP contribution in [0, 0.1) is 0 Å². The second kappa shape index (κ2) is 3.04. The lowest BCUT2D eigenvalue weighted by Crippen LogP contribution is -2.36. The maximum Gasteiger partial charge on any atom is 0.343 e. The van der Waals surface area contributed by atoms with Crippen molar-refractivity contribution >= 4 is 5.97 Å². The van der Waals surface area contributed by atoms with Crippen molar-refractivity contribution in [1.29, 1.82) is 0 Å². The van der Waals surface area contributed by atoms with Gasteiger partial charge in [0.25, 0.3) is 0 Å².